The SMILES string of the molecule is CC(C)N1CCN(C)C(=O)[C@H]1C. The van der Waals surface area contributed by atoms with Gasteiger partial charge >= 0.3 is 0 Å². The van der Waals surface area contributed by atoms with Crippen molar-refractivity contribution in [2.75, 3.05) is 20.1 Å². The van der Waals surface area contributed by atoms with Gasteiger partial charge in [-0.1, -0.05) is 0 Å². The summed E-state index contributed by atoms with van der Waals surface area (Å²) in [6, 6.07) is 0.529. The number of hydrogen-bond acceptors (Lipinski definition) is 2. The molecule has 0 spiro atoms. The van der Waals surface area contributed by atoms with Crippen LogP contribution in [0.4, 0.5) is 0 Å². The summed E-state index contributed by atoms with van der Waals surface area (Å²) in [7, 11) is 1.87. The molecule has 1 amide bonds. The van der Waals surface area contributed by atoms with Crippen molar-refractivity contribution in [3.8, 4) is 0 Å². The molecule has 12 heavy (non-hydrogen) atoms. The molecule has 0 bridgehead atoms. The van der Waals surface area contributed by atoms with E-state index in [1.54, 1.807) is 0 Å². The Bertz CT molecular complexity index is 179. The lowest BCUT2D eigenvalue weighted by molar-refractivity contribution is -0.140. The second-order valence-electron chi connectivity index (χ2n) is 3.77. The first-order valence-corrected chi connectivity index (χ1v) is 4.54. The summed E-state index contributed by atoms with van der Waals surface area (Å²) in [5, 5.41) is 0. The monoisotopic (exact) mass is 170 g/mol. The van der Waals surface area contributed by atoms with Crippen LogP contribution in [0.15, 0.2) is 0 Å². The van der Waals surface area contributed by atoms with Gasteiger partial charge in [0.25, 0.3) is 0 Å². The van der Waals surface area contributed by atoms with E-state index in [1.165, 1.54) is 0 Å². The van der Waals surface area contributed by atoms with E-state index in [9.17, 15) is 4.79 Å². The Balaban J connectivity index is 2.65. The van der Waals surface area contributed by atoms with Gasteiger partial charge in [-0.3, -0.25) is 9.69 Å². The number of rotatable bonds is 1. The Morgan fingerprint density at radius 2 is 2.00 bits per heavy atom. The van der Waals surface area contributed by atoms with Crippen LogP contribution in [0.2, 0.25) is 0 Å². The fraction of sp³-hybridized carbons (Fsp3) is 0.889. The van der Waals surface area contributed by atoms with Gasteiger partial charge < -0.3 is 4.90 Å². The van der Waals surface area contributed by atoms with Crippen LogP contribution in [0.25, 0.3) is 0 Å². The first kappa shape index (κ1) is 9.52. The molecule has 0 aromatic carbocycles. The molecule has 1 aliphatic rings. The molecule has 1 heterocycles. The van der Waals surface area contributed by atoms with Crippen LogP contribution in [-0.2, 0) is 4.79 Å². The molecule has 3 nitrogen and oxygen atoms in total. The Morgan fingerprint density at radius 3 is 2.50 bits per heavy atom. The zero-order valence-corrected chi connectivity index (χ0v) is 8.37. The molecule has 3 heteroatoms. The van der Waals surface area contributed by atoms with Gasteiger partial charge in [-0.05, 0) is 20.8 Å². The van der Waals surface area contributed by atoms with Gasteiger partial charge in [0, 0.05) is 26.2 Å². The van der Waals surface area contributed by atoms with Crippen molar-refractivity contribution in [2.24, 2.45) is 0 Å². The van der Waals surface area contributed by atoms with E-state index in [4.69, 9.17) is 0 Å². The number of amides is 1. The smallest absolute Gasteiger partial charge is 0.239 e. The summed E-state index contributed by atoms with van der Waals surface area (Å²) in [5.41, 5.74) is 0. The summed E-state index contributed by atoms with van der Waals surface area (Å²) in [5.74, 6) is 0.245. The minimum absolute atomic E-state index is 0.0590. The molecule has 0 saturated carbocycles. The maximum absolute atomic E-state index is 11.5. The first-order valence-electron chi connectivity index (χ1n) is 4.54. The van der Waals surface area contributed by atoms with Gasteiger partial charge in [0.2, 0.25) is 5.91 Å². The highest BCUT2D eigenvalue weighted by atomic mass is 16.2. The van der Waals surface area contributed by atoms with Gasteiger partial charge in [-0.25, -0.2) is 0 Å². The summed E-state index contributed by atoms with van der Waals surface area (Å²) in [6.07, 6.45) is 0. The molecule has 70 valence electrons. The highest BCUT2D eigenvalue weighted by molar-refractivity contribution is 5.81. The van der Waals surface area contributed by atoms with Crippen LogP contribution >= 0.6 is 0 Å². The Hall–Kier alpha value is -0.570. The van der Waals surface area contributed by atoms with Crippen LogP contribution in [0.1, 0.15) is 20.8 Å². The van der Waals surface area contributed by atoms with Gasteiger partial charge in [0.05, 0.1) is 6.04 Å². The lowest BCUT2D eigenvalue weighted by Crippen LogP contribution is -2.56. The Labute approximate surface area is 74.3 Å². The zero-order valence-electron chi connectivity index (χ0n) is 8.37. The molecule has 1 fully saturated rings. The maximum Gasteiger partial charge on any atom is 0.239 e. The molecular formula is C9H18N2O. The molecule has 1 atom stereocenters. The van der Waals surface area contributed by atoms with E-state index < -0.39 is 0 Å². The first-order chi connectivity index (χ1) is 5.54. The van der Waals surface area contributed by atoms with Crippen LogP contribution < -0.4 is 0 Å². The third-order valence-corrected chi connectivity index (χ3v) is 2.59. The molecule has 0 aromatic rings. The number of carbonyl (C=O) groups excluding carboxylic acids is 1. The average molecular weight is 170 g/mol. The summed E-state index contributed by atoms with van der Waals surface area (Å²) >= 11 is 0. The van der Waals surface area contributed by atoms with E-state index in [0.29, 0.717) is 6.04 Å². The molecule has 0 radical (unpaired) electrons. The quantitative estimate of drug-likeness (QED) is 0.574. The molecular weight excluding hydrogens is 152 g/mol. The lowest BCUT2D eigenvalue weighted by atomic mass is 10.1. The largest absolute Gasteiger partial charge is 0.343 e. The normalized spacial score (nSPS) is 26.9. The van der Waals surface area contributed by atoms with Crippen LogP contribution in [0.5, 0.6) is 0 Å². The molecule has 1 rings (SSSR count). The standard InChI is InChI=1S/C9H18N2O/c1-7(2)11-6-5-10(4)9(12)8(11)3/h7-8H,5-6H2,1-4H3/t8-/m1/s1. The van der Waals surface area contributed by atoms with Crippen molar-refractivity contribution in [1.82, 2.24) is 9.80 Å². The van der Waals surface area contributed by atoms with Crippen molar-refractivity contribution in [3.05, 3.63) is 0 Å². The number of likely N-dealkylation sites (N-methyl/N-ethyl adjacent to an activating group) is 1. The predicted molar refractivity (Wildman–Crippen MR) is 48.9 cm³/mol. The second kappa shape index (κ2) is 3.44. The van der Waals surface area contributed by atoms with E-state index in [2.05, 4.69) is 18.7 Å². The highest BCUT2D eigenvalue weighted by Crippen LogP contribution is 2.12. The molecule has 0 aliphatic carbocycles. The van der Waals surface area contributed by atoms with Crippen LogP contribution in [0.3, 0.4) is 0 Å². The average Bonchev–Trinajstić information content (AvgIpc) is 2.00. The van der Waals surface area contributed by atoms with Gasteiger partial charge in [-0.15, -0.1) is 0 Å². The molecule has 1 aliphatic heterocycles. The zero-order chi connectivity index (χ0) is 9.30. The van der Waals surface area contributed by atoms with Gasteiger partial charge in [-0.2, -0.15) is 0 Å². The van der Waals surface area contributed by atoms with Crippen molar-refractivity contribution in [1.29, 1.82) is 0 Å². The van der Waals surface area contributed by atoms with E-state index in [0.717, 1.165) is 13.1 Å². The maximum atomic E-state index is 11.5. The number of nitrogens with zero attached hydrogens (tertiary/aromatic N) is 2. The third kappa shape index (κ3) is 1.61. The molecule has 0 aromatic heterocycles. The number of hydrogen-bond donors (Lipinski definition) is 0. The van der Waals surface area contributed by atoms with E-state index in [1.807, 2.05) is 18.9 Å². The van der Waals surface area contributed by atoms with Crippen LogP contribution in [0, 0.1) is 0 Å². The van der Waals surface area contributed by atoms with Gasteiger partial charge in [0.1, 0.15) is 0 Å². The van der Waals surface area contributed by atoms with Crippen molar-refractivity contribution in [2.45, 2.75) is 32.9 Å². The second-order valence-corrected chi connectivity index (χ2v) is 3.77. The van der Waals surface area contributed by atoms with Gasteiger partial charge in [0.15, 0.2) is 0 Å². The fourth-order valence-corrected chi connectivity index (χ4v) is 1.74. The Morgan fingerprint density at radius 1 is 1.42 bits per heavy atom. The molecule has 0 N–H and O–H groups in total. The minimum Gasteiger partial charge on any atom is -0.343 e. The molecule has 0 unspecified atom stereocenters. The fourth-order valence-electron chi connectivity index (χ4n) is 1.74. The van der Waals surface area contributed by atoms with Crippen LogP contribution in [-0.4, -0.2) is 47.9 Å². The molecule has 1 saturated heterocycles. The number of piperazine rings is 1. The topological polar surface area (TPSA) is 23.6 Å². The minimum atomic E-state index is 0.0590. The summed E-state index contributed by atoms with van der Waals surface area (Å²) < 4.78 is 0. The summed E-state index contributed by atoms with van der Waals surface area (Å²) in [4.78, 5) is 15.6. The van der Waals surface area contributed by atoms with E-state index >= 15 is 0 Å². The predicted octanol–water partition coefficient (Wildman–Crippen LogP) is 0.557. The van der Waals surface area contributed by atoms with Crippen molar-refractivity contribution < 1.29 is 4.79 Å². The Kier molecular flexibility index (Phi) is 2.73. The van der Waals surface area contributed by atoms with Crippen molar-refractivity contribution in [3.63, 3.8) is 0 Å². The number of carbonyl (C=O) groups is 1. The summed E-state index contributed by atoms with van der Waals surface area (Å²) in [6.45, 7) is 8.12. The van der Waals surface area contributed by atoms with Crippen molar-refractivity contribution >= 4 is 5.91 Å². The van der Waals surface area contributed by atoms with E-state index in [-0.39, 0.29) is 11.9 Å². The highest BCUT2D eigenvalue weighted by Gasteiger charge is 2.30. The lowest BCUT2D eigenvalue weighted by Gasteiger charge is -2.39. The third-order valence-electron chi connectivity index (χ3n) is 2.59.